The molecule has 2 aromatic heterocycles. The first-order valence-electron chi connectivity index (χ1n) is 16.2. The molecule has 0 amide bonds. The van der Waals surface area contributed by atoms with Gasteiger partial charge in [0.25, 0.3) is 0 Å². The van der Waals surface area contributed by atoms with Crippen LogP contribution in [0, 0.1) is 0 Å². The molecule has 218 valence electrons. The van der Waals surface area contributed by atoms with Gasteiger partial charge in [0.05, 0.1) is 22.1 Å². The molecule has 2 aliphatic carbocycles. The van der Waals surface area contributed by atoms with E-state index in [9.17, 15) is 0 Å². The Morgan fingerprint density at radius 2 is 1.15 bits per heavy atom. The Morgan fingerprint density at radius 1 is 0.489 bits per heavy atom. The van der Waals surface area contributed by atoms with Crippen LogP contribution in [0.2, 0.25) is 0 Å². The number of aromatic nitrogens is 2. The molecule has 0 aliphatic heterocycles. The van der Waals surface area contributed by atoms with Crippen LogP contribution in [0.25, 0.3) is 72.3 Å². The standard InChI is InChI=1S/C44H26N2O/c1-2-13-27(14-3-1)43-45-36-21-9-10-22-37(36)46(43)38-23-12-20-34-40(38)30-16-4-7-18-32(30)44(34)33-19-8-5-17-31(33)41-35(44)26-25-29-28-15-6-11-24-39(28)47-42(29)41/h1-26H. The Bertz CT molecular complexity index is 2750. The summed E-state index contributed by atoms with van der Waals surface area (Å²) >= 11 is 0. The Hall–Kier alpha value is -6.19. The van der Waals surface area contributed by atoms with Crippen LogP contribution in [-0.4, -0.2) is 9.55 Å². The SMILES string of the molecule is c1ccc(-c2nc3ccccc3n2-c2cccc3c2-c2ccccc2C32c3ccccc3-c3c2ccc2c3oc3ccccc32)cc1. The van der Waals surface area contributed by atoms with Gasteiger partial charge in [0.15, 0.2) is 0 Å². The lowest BCUT2D eigenvalue weighted by Gasteiger charge is -2.30. The second-order valence-corrected chi connectivity index (χ2v) is 12.6. The van der Waals surface area contributed by atoms with Crippen molar-refractivity contribution in [1.82, 2.24) is 9.55 Å². The molecule has 0 radical (unpaired) electrons. The molecule has 3 nitrogen and oxygen atoms in total. The number of hydrogen-bond donors (Lipinski definition) is 0. The van der Waals surface area contributed by atoms with Crippen molar-refractivity contribution in [1.29, 1.82) is 0 Å². The minimum Gasteiger partial charge on any atom is -0.455 e. The maximum Gasteiger partial charge on any atom is 0.145 e. The van der Waals surface area contributed by atoms with Crippen LogP contribution in [0.5, 0.6) is 0 Å². The summed E-state index contributed by atoms with van der Waals surface area (Å²) in [5.41, 5.74) is 15.8. The van der Waals surface area contributed by atoms with Gasteiger partial charge >= 0.3 is 0 Å². The molecule has 3 heteroatoms. The molecule has 47 heavy (non-hydrogen) atoms. The number of imidazole rings is 1. The average molecular weight is 599 g/mol. The third-order valence-corrected chi connectivity index (χ3v) is 10.4. The number of fused-ring (bicyclic) bond motifs is 15. The minimum absolute atomic E-state index is 0.496. The van der Waals surface area contributed by atoms with Gasteiger partial charge in [0.1, 0.15) is 17.0 Å². The van der Waals surface area contributed by atoms with E-state index in [-0.39, 0.29) is 0 Å². The zero-order valence-corrected chi connectivity index (χ0v) is 25.3. The molecule has 0 saturated heterocycles. The summed E-state index contributed by atoms with van der Waals surface area (Å²) in [5.74, 6) is 0.940. The number of para-hydroxylation sites is 3. The summed E-state index contributed by atoms with van der Waals surface area (Å²) in [5, 5.41) is 2.31. The van der Waals surface area contributed by atoms with Crippen LogP contribution < -0.4 is 0 Å². The van der Waals surface area contributed by atoms with E-state index < -0.39 is 5.41 Å². The monoisotopic (exact) mass is 598 g/mol. The highest BCUT2D eigenvalue weighted by atomic mass is 16.3. The Labute approximate surface area is 271 Å². The highest BCUT2D eigenvalue weighted by Crippen LogP contribution is 2.65. The van der Waals surface area contributed by atoms with E-state index in [1.165, 1.54) is 44.5 Å². The van der Waals surface area contributed by atoms with E-state index in [0.29, 0.717) is 0 Å². The fraction of sp³-hybridized carbons (Fsp3) is 0.0227. The zero-order valence-electron chi connectivity index (χ0n) is 25.3. The van der Waals surface area contributed by atoms with Crippen molar-refractivity contribution in [3.8, 4) is 39.3 Å². The van der Waals surface area contributed by atoms with Crippen molar-refractivity contribution in [2.24, 2.45) is 0 Å². The van der Waals surface area contributed by atoms with Gasteiger partial charge in [0.2, 0.25) is 0 Å². The quantitative estimate of drug-likeness (QED) is 0.198. The van der Waals surface area contributed by atoms with E-state index in [4.69, 9.17) is 9.40 Å². The van der Waals surface area contributed by atoms with Crippen LogP contribution in [0.4, 0.5) is 0 Å². The van der Waals surface area contributed by atoms with Crippen LogP contribution in [0.1, 0.15) is 22.3 Å². The molecule has 7 aromatic carbocycles. The summed E-state index contributed by atoms with van der Waals surface area (Å²) < 4.78 is 9.08. The molecule has 0 saturated carbocycles. The summed E-state index contributed by atoms with van der Waals surface area (Å²) in [6.45, 7) is 0. The molecule has 1 atom stereocenters. The Kier molecular flexibility index (Phi) is 4.78. The van der Waals surface area contributed by atoms with Gasteiger partial charge in [-0.1, -0.05) is 133 Å². The van der Waals surface area contributed by atoms with Crippen molar-refractivity contribution >= 4 is 33.0 Å². The smallest absolute Gasteiger partial charge is 0.145 e. The number of nitrogens with zero attached hydrogens (tertiary/aromatic N) is 2. The second kappa shape index (κ2) is 8.96. The number of benzene rings is 7. The van der Waals surface area contributed by atoms with Gasteiger partial charge < -0.3 is 4.42 Å². The molecule has 2 heterocycles. The van der Waals surface area contributed by atoms with Crippen molar-refractivity contribution < 1.29 is 4.42 Å². The Balaban J connectivity index is 1.29. The molecular formula is C44H26N2O. The fourth-order valence-electron chi connectivity index (χ4n) is 8.67. The minimum atomic E-state index is -0.496. The molecular weight excluding hydrogens is 572 g/mol. The predicted molar refractivity (Wildman–Crippen MR) is 190 cm³/mol. The third-order valence-electron chi connectivity index (χ3n) is 10.4. The second-order valence-electron chi connectivity index (χ2n) is 12.6. The highest BCUT2D eigenvalue weighted by Gasteiger charge is 2.53. The lowest BCUT2D eigenvalue weighted by atomic mass is 9.70. The predicted octanol–water partition coefficient (Wildman–Crippen LogP) is 10.9. The molecule has 1 spiro atoms. The molecule has 9 aromatic rings. The van der Waals surface area contributed by atoms with Gasteiger partial charge in [0, 0.05) is 27.5 Å². The molecule has 0 N–H and O–H groups in total. The summed E-state index contributed by atoms with van der Waals surface area (Å²) in [4.78, 5) is 5.21. The van der Waals surface area contributed by atoms with Crippen molar-refractivity contribution in [3.05, 3.63) is 180 Å². The van der Waals surface area contributed by atoms with Crippen LogP contribution in [0.15, 0.2) is 162 Å². The maximum absolute atomic E-state index is 6.71. The topological polar surface area (TPSA) is 31.0 Å². The lowest BCUT2D eigenvalue weighted by Crippen LogP contribution is -2.25. The van der Waals surface area contributed by atoms with Crippen molar-refractivity contribution in [2.45, 2.75) is 5.41 Å². The normalized spacial score (nSPS) is 15.7. The van der Waals surface area contributed by atoms with Gasteiger partial charge in [-0.15, -0.1) is 0 Å². The van der Waals surface area contributed by atoms with Crippen LogP contribution in [0.3, 0.4) is 0 Å². The molecule has 0 bridgehead atoms. The zero-order chi connectivity index (χ0) is 30.7. The maximum atomic E-state index is 6.71. The van der Waals surface area contributed by atoms with Crippen molar-refractivity contribution in [2.75, 3.05) is 0 Å². The first-order chi connectivity index (χ1) is 23.3. The average Bonchev–Trinajstić information content (AvgIpc) is 3.87. The largest absolute Gasteiger partial charge is 0.455 e. The van der Waals surface area contributed by atoms with Crippen LogP contribution >= 0.6 is 0 Å². The summed E-state index contributed by atoms with van der Waals surface area (Å²) in [7, 11) is 0. The molecule has 2 aliphatic rings. The van der Waals surface area contributed by atoms with Crippen molar-refractivity contribution in [3.63, 3.8) is 0 Å². The number of furan rings is 1. The fourth-order valence-corrected chi connectivity index (χ4v) is 8.67. The lowest BCUT2D eigenvalue weighted by molar-refractivity contribution is 0.669. The van der Waals surface area contributed by atoms with Gasteiger partial charge in [-0.2, -0.15) is 0 Å². The summed E-state index contributed by atoms with van der Waals surface area (Å²) in [6, 6.07) is 56.8. The number of hydrogen-bond acceptors (Lipinski definition) is 2. The molecule has 1 unspecified atom stereocenters. The highest BCUT2D eigenvalue weighted by molar-refractivity contribution is 6.13. The molecule has 11 rings (SSSR count). The van der Waals surface area contributed by atoms with Gasteiger partial charge in [-0.05, 0) is 57.6 Å². The van der Waals surface area contributed by atoms with E-state index >= 15 is 0 Å². The van der Waals surface area contributed by atoms with Gasteiger partial charge in [-0.25, -0.2) is 4.98 Å². The molecule has 0 fully saturated rings. The summed E-state index contributed by atoms with van der Waals surface area (Å²) in [6.07, 6.45) is 0. The van der Waals surface area contributed by atoms with E-state index in [2.05, 4.69) is 162 Å². The third kappa shape index (κ3) is 3.04. The first-order valence-corrected chi connectivity index (χ1v) is 16.2. The first kappa shape index (κ1) is 25.1. The van der Waals surface area contributed by atoms with E-state index in [0.717, 1.165) is 50.0 Å². The Morgan fingerprint density at radius 3 is 2.00 bits per heavy atom. The van der Waals surface area contributed by atoms with E-state index in [1.807, 2.05) is 0 Å². The number of rotatable bonds is 2. The van der Waals surface area contributed by atoms with Gasteiger partial charge in [-0.3, -0.25) is 4.57 Å². The van der Waals surface area contributed by atoms with Crippen LogP contribution in [-0.2, 0) is 5.41 Å². The van der Waals surface area contributed by atoms with E-state index in [1.54, 1.807) is 0 Å².